The molecule has 5 nitrogen and oxygen atoms in total. The minimum atomic E-state index is -5.08. The van der Waals surface area contributed by atoms with Gasteiger partial charge in [-0.2, -0.15) is 13.2 Å². The molecule has 0 heterocycles. The molecule has 1 unspecified atom stereocenters. The molecule has 0 aliphatic carbocycles. The van der Waals surface area contributed by atoms with Crippen LogP contribution < -0.4 is 5.73 Å². The molecule has 0 saturated carbocycles. The molecule has 1 atom stereocenters. The highest BCUT2D eigenvalue weighted by molar-refractivity contribution is 5.75. The third-order valence-electron chi connectivity index (χ3n) is 2.04. The van der Waals surface area contributed by atoms with Crippen LogP contribution in [0.25, 0.3) is 0 Å². The van der Waals surface area contributed by atoms with Crippen LogP contribution in [0.5, 0.6) is 0 Å². The number of carboxylic acids is 1. The Morgan fingerprint density at radius 1 is 1.30 bits per heavy atom. The van der Waals surface area contributed by atoms with Gasteiger partial charge in [0, 0.05) is 0 Å². The average Bonchev–Trinajstić information content (AvgIpc) is 2.38. The van der Waals surface area contributed by atoms with Crippen LogP contribution in [0.15, 0.2) is 30.3 Å². The molecule has 1 aromatic carbocycles. The van der Waals surface area contributed by atoms with Crippen LogP contribution in [-0.2, 0) is 20.7 Å². The van der Waals surface area contributed by atoms with E-state index in [2.05, 4.69) is 4.74 Å². The van der Waals surface area contributed by atoms with E-state index in [9.17, 15) is 18.0 Å². The number of rotatable bonds is 3. The van der Waals surface area contributed by atoms with Gasteiger partial charge >= 0.3 is 18.1 Å². The molecule has 0 aromatic heterocycles. The number of carboxylic acid groups (broad SMARTS) is 1. The van der Waals surface area contributed by atoms with Gasteiger partial charge in [0.1, 0.15) is 6.04 Å². The first-order valence-electron chi connectivity index (χ1n) is 5.36. The second-order valence-corrected chi connectivity index (χ2v) is 3.62. The van der Waals surface area contributed by atoms with E-state index in [4.69, 9.17) is 15.6 Å². The van der Waals surface area contributed by atoms with Crippen molar-refractivity contribution in [2.45, 2.75) is 18.6 Å². The number of nitrogens with two attached hydrogens (primary N) is 1. The highest BCUT2D eigenvalue weighted by atomic mass is 19.4. The van der Waals surface area contributed by atoms with Crippen LogP contribution in [0.1, 0.15) is 5.56 Å². The van der Waals surface area contributed by atoms with E-state index in [0.717, 1.165) is 5.56 Å². The number of halogens is 3. The van der Waals surface area contributed by atoms with E-state index in [-0.39, 0.29) is 5.97 Å². The lowest BCUT2D eigenvalue weighted by Gasteiger charge is -2.08. The number of alkyl halides is 3. The lowest BCUT2D eigenvalue weighted by molar-refractivity contribution is -0.192. The first-order valence-corrected chi connectivity index (χ1v) is 5.36. The molecule has 0 amide bonds. The molecule has 3 N–H and O–H groups in total. The van der Waals surface area contributed by atoms with E-state index in [1.54, 1.807) is 0 Å². The number of carbonyl (C=O) groups excluding carboxylic acids is 1. The molecule has 0 aliphatic rings. The number of hydrogen-bond donors (Lipinski definition) is 2. The summed E-state index contributed by atoms with van der Waals surface area (Å²) in [5, 5.41) is 7.12. The van der Waals surface area contributed by atoms with Crippen LogP contribution in [0.4, 0.5) is 13.2 Å². The monoisotopic (exact) mass is 293 g/mol. The van der Waals surface area contributed by atoms with Crippen LogP contribution in [0.3, 0.4) is 0 Å². The van der Waals surface area contributed by atoms with Gasteiger partial charge in [-0.3, -0.25) is 4.79 Å². The molecule has 0 spiro atoms. The second kappa shape index (κ2) is 8.16. The number of carbonyl (C=O) groups is 2. The van der Waals surface area contributed by atoms with Gasteiger partial charge in [-0.15, -0.1) is 0 Å². The molecular formula is C12H14F3NO4. The Morgan fingerprint density at radius 2 is 1.75 bits per heavy atom. The summed E-state index contributed by atoms with van der Waals surface area (Å²) in [6, 6.07) is 9.06. The second-order valence-electron chi connectivity index (χ2n) is 3.62. The quantitative estimate of drug-likeness (QED) is 0.821. The number of benzene rings is 1. The van der Waals surface area contributed by atoms with Gasteiger partial charge in [0.25, 0.3) is 0 Å². The Bertz CT molecular complexity index is 434. The molecule has 0 saturated heterocycles. The van der Waals surface area contributed by atoms with Crippen LogP contribution in [-0.4, -0.2) is 36.4 Å². The first kappa shape index (κ1) is 17.9. The Morgan fingerprint density at radius 3 is 2.10 bits per heavy atom. The third kappa shape index (κ3) is 7.37. The summed E-state index contributed by atoms with van der Waals surface area (Å²) < 4.78 is 36.3. The van der Waals surface area contributed by atoms with E-state index < -0.39 is 18.2 Å². The Kier molecular flexibility index (Phi) is 7.30. The fourth-order valence-corrected chi connectivity index (χ4v) is 1.10. The molecule has 1 aromatic rings. The lowest BCUT2D eigenvalue weighted by atomic mass is 10.1. The fourth-order valence-electron chi connectivity index (χ4n) is 1.10. The van der Waals surface area contributed by atoms with Crippen molar-refractivity contribution in [3.8, 4) is 0 Å². The normalized spacial score (nSPS) is 11.8. The van der Waals surface area contributed by atoms with Crippen molar-refractivity contribution in [2.75, 3.05) is 7.11 Å². The minimum absolute atomic E-state index is 0.371. The van der Waals surface area contributed by atoms with Gasteiger partial charge in [0.2, 0.25) is 0 Å². The number of hydrogen-bond acceptors (Lipinski definition) is 4. The zero-order valence-corrected chi connectivity index (χ0v) is 10.6. The Labute approximate surface area is 113 Å². The third-order valence-corrected chi connectivity index (χ3v) is 2.04. The summed E-state index contributed by atoms with van der Waals surface area (Å²) in [5.41, 5.74) is 6.63. The summed E-state index contributed by atoms with van der Waals surface area (Å²) in [7, 11) is 1.34. The zero-order valence-electron chi connectivity index (χ0n) is 10.6. The molecule has 112 valence electrons. The van der Waals surface area contributed by atoms with Crippen LogP contribution >= 0.6 is 0 Å². The Balaban J connectivity index is 0.000000441. The lowest BCUT2D eigenvalue weighted by Crippen LogP contribution is -2.33. The smallest absolute Gasteiger partial charge is 0.475 e. The zero-order chi connectivity index (χ0) is 15.8. The maximum Gasteiger partial charge on any atom is 0.490 e. The summed E-state index contributed by atoms with van der Waals surface area (Å²) in [5.74, 6) is -3.13. The number of esters is 1. The van der Waals surface area contributed by atoms with E-state index in [1.165, 1.54) is 7.11 Å². The van der Waals surface area contributed by atoms with Crippen molar-refractivity contribution >= 4 is 11.9 Å². The molecule has 0 radical (unpaired) electrons. The van der Waals surface area contributed by atoms with Crippen molar-refractivity contribution in [3.63, 3.8) is 0 Å². The van der Waals surface area contributed by atoms with Crippen molar-refractivity contribution in [1.82, 2.24) is 0 Å². The summed E-state index contributed by atoms with van der Waals surface area (Å²) >= 11 is 0. The molecule has 0 aliphatic heterocycles. The van der Waals surface area contributed by atoms with Crippen molar-refractivity contribution in [3.05, 3.63) is 35.9 Å². The van der Waals surface area contributed by atoms with Gasteiger partial charge in [-0.25, -0.2) is 4.79 Å². The number of aliphatic carboxylic acids is 1. The molecular weight excluding hydrogens is 279 g/mol. The molecule has 20 heavy (non-hydrogen) atoms. The summed E-state index contributed by atoms with van der Waals surface area (Å²) in [6.45, 7) is 0. The first-order chi connectivity index (χ1) is 9.18. The summed E-state index contributed by atoms with van der Waals surface area (Å²) in [6.07, 6.45) is -4.56. The molecule has 0 bridgehead atoms. The average molecular weight is 293 g/mol. The molecule has 0 fully saturated rings. The van der Waals surface area contributed by atoms with Gasteiger partial charge in [0.15, 0.2) is 0 Å². The highest BCUT2D eigenvalue weighted by Gasteiger charge is 2.38. The minimum Gasteiger partial charge on any atom is -0.475 e. The van der Waals surface area contributed by atoms with Gasteiger partial charge in [-0.1, -0.05) is 30.3 Å². The number of ether oxygens (including phenoxy) is 1. The van der Waals surface area contributed by atoms with Crippen LogP contribution in [0, 0.1) is 0 Å². The summed E-state index contributed by atoms with van der Waals surface area (Å²) in [4.78, 5) is 19.9. The van der Waals surface area contributed by atoms with E-state index in [0.29, 0.717) is 6.42 Å². The van der Waals surface area contributed by atoms with E-state index in [1.807, 2.05) is 30.3 Å². The standard InChI is InChI=1S/C10H13NO2.C2HF3O2/c1-13-10(12)9(11)7-8-5-3-2-4-6-8;3-2(4,5)1(6)7/h2-6,9H,7,11H2,1H3;(H,6,7). The van der Waals surface area contributed by atoms with Crippen LogP contribution in [0.2, 0.25) is 0 Å². The van der Waals surface area contributed by atoms with Crippen molar-refractivity contribution in [1.29, 1.82) is 0 Å². The molecule has 1 rings (SSSR count). The highest BCUT2D eigenvalue weighted by Crippen LogP contribution is 2.13. The van der Waals surface area contributed by atoms with Crippen molar-refractivity contribution < 1.29 is 32.6 Å². The Hall–Kier alpha value is -2.09. The topological polar surface area (TPSA) is 89.6 Å². The van der Waals surface area contributed by atoms with Gasteiger partial charge in [-0.05, 0) is 12.0 Å². The SMILES string of the molecule is COC(=O)C(N)Cc1ccccc1.O=C(O)C(F)(F)F. The maximum absolute atomic E-state index is 11.0. The number of methoxy groups -OCH3 is 1. The van der Waals surface area contributed by atoms with Gasteiger partial charge in [0.05, 0.1) is 7.11 Å². The largest absolute Gasteiger partial charge is 0.490 e. The van der Waals surface area contributed by atoms with Gasteiger partial charge < -0.3 is 15.6 Å². The maximum atomic E-state index is 11.0. The predicted molar refractivity (Wildman–Crippen MR) is 63.8 cm³/mol. The van der Waals surface area contributed by atoms with Crippen molar-refractivity contribution in [2.24, 2.45) is 5.73 Å². The van der Waals surface area contributed by atoms with E-state index >= 15 is 0 Å². The fraction of sp³-hybridized carbons (Fsp3) is 0.333. The molecule has 8 heteroatoms. The predicted octanol–water partition coefficient (Wildman–Crippen LogP) is 1.36.